The van der Waals surface area contributed by atoms with Crippen molar-refractivity contribution in [3.63, 3.8) is 0 Å². The third-order valence-electron chi connectivity index (χ3n) is 3.38. The molecule has 24 heavy (non-hydrogen) atoms. The lowest BCUT2D eigenvalue weighted by atomic mass is 10.1. The van der Waals surface area contributed by atoms with Gasteiger partial charge in [-0.25, -0.2) is 18.1 Å². The number of aromatic nitrogens is 2. The molecule has 0 fully saturated rings. The molecule has 1 aromatic carbocycles. The number of pyridine rings is 1. The van der Waals surface area contributed by atoms with E-state index in [0.717, 1.165) is 26.9 Å². The Balaban J connectivity index is 1.82. The lowest BCUT2D eigenvalue weighted by molar-refractivity contribution is 0.568. The molecular formula is C16H14BrN3O2S2. The summed E-state index contributed by atoms with van der Waals surface area (Å²) < 4.78 is 28.9. The normalized spacial score (nSPS) is 12.9. The van der Waals surface area contributed by atoms with Crippen molar-refractivity contribution in [1.82, 2.24) is 14.7 Å². The number of halogens is 1. The van der Waals surface area contributed by atoms with Crippen LogP contribution in [0.3, 0.4) is 0 Å². The minimum atomic E-state index is -3.63. The van der Waals surface area contributed by atoms with Crippen molar-refractivity contribution in [1.29, 1.82) is 0 Å². The van der Waals surface area contributed by atoms with Crippen LogP contribution in [0.1, 0.15) is 18.5 Å². The predicted octanol–water partition coefficient (Wildman–Crippen LogP) is 4.01. The highest BCUT2D eigenvalue weighted by Gasteiger charge is 2.21. The van der Waals surface area contributed by atoms with Gasteiger partial charge >= 0.3 is 0 Å². The molecule has 8 heteroatoms. The zero-order valence-electron chi connectivity index (χ0n) is 12.7. The maximum Gasteiger partial charge on any atom is 0.252 e. The van der Waals surface area contributed by atoms with Gasteiger partial charge in [0, 0.05) is 28.5 Å². The molecule has 5 nitrogen and oxygen atoms in total. The Kier molecular flexibility index (Phi) is 5.09. The second kappa shape index (κ2) is 7.10. The summed E-state index contributed by atoms with van der Waals surface area (Å²) in [4.78, 5) is 8.17. The molecule has 3 aromatic rings. The fourth-order valence-electron chi connectivity index (χ4n) is 2.12. The number of rotatable bonds is 5. The second-order valence-electron chi connectivity index (χ2n) is 5.11. The van der Waals surface area contributed by atoms with Crippen LogP contribution in [0.2, 0.25) is 0 Å². The lowest BCUT2D eigenvalue weighted by Crippen LogP contribution is -2.26. The quantitative estimate of drug-likeness (QED) is 0.672. The Hall–Kier alpha value is -1.61. The number of hydrogen-bond donors (Lipinski definition) is 1. The van der Waals surface area contributed by atoms with Gasteiger partial charge in [0.15, 0.2) is 4.21 Å². The van der Waals surface area contributed by atoms with Crippen LogP contribution in [0, 0.1) is 0 Å². The highest BCUT2D eigenvalue weighted by molar-refractivity contribution is 9.10. The van der Waals surface area contributed by atoms with Gasteiger partial charge in [0.1, 0.15) is 5.01 Å². The van der Waals surface area contributed by atoms with Gasteiger partial charge in [-0.3, -0.25) is 4.98 Å². The van der Waals surface area contributed by atoms with Crippen molar-refractivity contribution in [2.45, 2.75) is 17.2 Å². The van der Waals surface area contributed by atoms with E-state index in [1.54, 1.807) is 31.5 Å². The van der Waals surface area contributed by atoms with E-state index in [-0.39, 0.29) is 10.3 Å². The lowest BCUT2D eigenvalue weighted by Gasteiger charge is -2.13. The van der Waals surface area contributed by atoms with Crippen LogP contribution >= 0.6 is 27.3 Å². The fourth-order valence-corrected chi connectivity index (χ4v) is 4.77. The van der Waals surface area contributed by atoms with Crippen molar-refractivity contribution in [3.05, 3.63) is 65.0 Å². The van der Waals surface area contributed by atoms with Gasteiger partial charge in [0.2, 0.25) is 0 Å². The minimum absolute atomic E-state index is 0.196. The summed E-state index contributed by atoms with van der Waals surface area (Å²) in [6.07, 6.45) is 4.67. The second-order valence-corrected chi connectivity index (χ2v) is 9.00. The molecule has 0 saturated heterocycles. The summed E-state index contributed by atoms with van der Waals surface area (Å²) in [5, 5.41) is 0.666. The van der Waals surface area contributed by atoms with Crippen LogP contribution in [-0.2, 0) is 10.0 Å². The van der Waals surface area contributed by atoms with Gasteiger partial charge in [-0.05, 0) is 36.8 Å². The molecular weight excluding hydrogens is 410 g/mol. The van der Waals surface area contributed by atoms with Crippen LogP contribution in [-0.4, -0.2) is 18.4 Å². The van der Waals surface area contributed by atoms with E-state index in [4.69, 9.17) is 0 Å². The minimum Gasteiger partial charge on any atom is -0.265 e. The Morgan fingerprint density at radius 1 is 1.12 bits per heavy atom. The zero-order chi connectivity index (χ0) is 17.2. The number of sulfonamides is 1. The first kappa shape index (κ1) is 17.2. The van der Waals surface area contributed by atoms with E-state index in [2.05, 4.69) is 30.6 Å². The van der Waals surface area contributed by atoms with Crippen LogP contribution in [0.5, 0.6) is 0 Å². The largest absolute Gasteiger partial charge is 0.265 e. The molecule has 0 amide bonds. The monoisotopic (exact) mass is 423 g/mol. The van der Waals surface area contributed by atoms with E-state index in [0.29, 0.717) is 5.01 Å². The molecule has 0 aliphatic carbocycles. The summed E-state index contributed by atoms with van der Waals surface area (Å²) in [6.45, 7) is 1.80. The van der Waals surface area contributed by atoms with Crippen molar-refractivity contribution >= 4 is 37.3 Å². The van der Waals surface area contributed by atoms with Crippen molar-refractivity contribution in [2.75, 3.05) is 0 Å². The molecule has 3 rings (SSSR count). The molecule has 1 unspecified atom stereocenters. The maximum atomic E-state index is 12.6. The average Bonchev–Trinajstić information content (AvgIpc) is 3.07. The molecule has 2 aromatic heterocycles. The first-order chi connectivity index (χ1) is 11.5. The molecule has 0 bridgehead atoms. The molecule has 0 radical (unpaired) electrons. The molecule has 1 atom stereocenters. The third-order valence-corrected chi connectivity index (χ3v) is 6.96. The first-order valence-corrected chi connectivity index (χ1v) is 10.2. The van der Waals surface area contributed by atoms with Gasteiger partial charge in [0.05, 0.1) is 6.20 Å². The molecule has 0 spiro atoms. The molecule has 0 aliphatic rings. The Bertz CT molecular complexity index is 925. The standard InChI is InChI=1S/C16H14BrN3O2S2/c1-11(12-6-8-18-9-7-12)20-24(21,22)15-10-19-16(23-15)13-2-4-14(17)5-3-13/h2-11,20H,1H3. The van der Waals surface area contributed by atoms with Gasteiger partial charge in [-0.2, -0.15) is 0 Å². The fraction of sp³-hybridized carbons (Fsp3) is 0.125. The smallest absolute Gasteiger partial charge is 0.252 e. The summed E-state index contributed by atoms with van der Waals surface area (Å²) in [5.41, 5.74) is 1.73. The number of nitrogens with one attached hydrogen (secondary N) is 1. The summed E-state index contributed by atoms with van der Waals surface area (Å²) >= 11 is 4.52. The Morgan fingerprint density at radius 3 is 2.46 bits per heavy atom. The van der Waals surface area contributed by atoms with Gasteiger partial charge in [-0.15, -0.1) is 11.3 Å². The highest BCUT2D eigenvalue weighted by Crippen LogP contribution is 2.29. The zero-order valence-corrected chi connectivity index (χ0v) is 15.9. The number of thiazole rings is 1. The van der Waals surface area contributed by atoms with Gasteiger partial charge in [0.25, 0.3) is 10.0 Å². The Labute approximate surface area is 153 Å². The van der Waals surface area contributed by atoms with Crippen molar-refractivity contribution < 1.29 is 8.42 Å². The van der Waals surface area contributed by atoms with E-state index >= 15 is 0 Å². The van der Waals surface area contributed by atoms with E-state index in [1.165, 1.54) is 6.20 Å². The number of hydrogen-bond acceptors (Lipinski definition) is 5. The van der Waals surface area contributed by atoms with E-state index in [9.17, 15) is 8.42 Å². The van der Waals surface area contributed by atoms with Crippen molar-refractivity contribution in [3.8, 4) is 10.6 Å². The third kappa shape index (κ3) is 3.89. The predicted molar refractivity (Wildman–Crippen MR) is 98.2 cm³/mol. The highest BCUT2D eigenvalue weighted by atomic mass is 79.9. The van der Waals surface area contributed by atoms with Crippen LogP contribution in [0.25, 0.3) is 10.6 Å². The average molecular weight is 424 g/mol. The Morgan fingerprint density at radius 2 is 1.79 bits per heavy atom. The van der Waals surface area contributed by atoms with Crippen LogP contribution in [0.15, 0.2) is 63.7 Å². The van der Waals surface area contributed by atoms with E-state index in [1.807, 2.05) is 24.3 Å². The maximum absolute atomic E-state index is 12.6. The van der Waals surface area contributed by atoms with Crippen LogP contribution < -0.4 is 4.72 Å². The molecule has 124 valence electrons. The SMILES string of the molecule is CC(NS(=O)(=O)c1cnc(-c2ccc(Br)cc2)s1)c1ccncc1. The van der Waals surface area contributed by atoms with E-state index < -0.39 is 10.0 Å². The summed E-state index contributed by atoms with van der Waals surface area (Å²) in [6, 6.07) is 10.8. The summed E-state index contributed by atoms with van der Waals surface area (Å²) in [5.74, 6) is 0. The molecule has 0 aliphatic heterocycles. The summed E-state index contributed by atoms with van der Waals surface area (Å²) in [7, 11) is -3.63. The molecule has 1 N–H and O–H groups in total. The molecule has 0 saturated carbocycles. The van der Waals surface area contributed by atoms with Crippen LogP contribution in [0.4, 0.5) is 0 Å². The van der Waals surface area contributed by atoms with Gasteiger partial charge in [-0.1, -0.05) is 28.1 Å². The number of nitrogens with zero attached hydrogens (tertiary/aromatic N) is 2. The first-order valence-electron chi connectivity index (χ1n) is 7.10. The molecule has 2 heterocycles. The topological polar surface area (TPSA) is 72.0 Å². The number of benzene rings is 1. The van der Waals surface area contributed by atoms with Crippen molar-refractivity contribution in [2.24, 2.45) is 0 Å². The van der Waals surface area contributed by atoms with Gasteiger partial charge < -0.3 is 0 Å².